The third kappa shape index (κ3) is 2.84. The summed E-state index contributed by atoms with van der Waals surface area (Å²) in [5.74, 6) is -2.07. The van der Waals surface area contributed by atoms with Crippen LogP contribution >= 0.6 is 11.3 Å². The molecule has 4 nitrogen and oxygen atoms in total. The van der Waals surface area contributed by atoms with Gasteiger partial charge in [0, 0.05) is 12.4 Å². The Balaban J connectivity index is 1.81. The van der Waals surface area contributed by atoms with Crippen LogP contribution in [0, 0.1) is 18.6 Å². The van der Waals surface area contributed by atoms with E-state index in [1.807, 2.05) is 14.0 Å². The van der Waals surface area contributed by atoms with Crippen LogP contribution in [0.25, 0.3) is 10.2 Å². The zero-order chi connectivity index (χ0) is 16.7. The van der Waals surface area contributed by atoms with E-state index >= 15 is 0 Å². The molecule has 0 saturated heterocycles. The number of halogens is 2. The highest BCUT2D eigenvalue weighted by Crippen LogP contribution is 2.28. The SMILES string of the molecule is Cc1nn(C)c2sc(C(=O)N[C@H](C)c3ccc(F)c(F)c3)cc12. The van der Waals surface area contributed by atoms with Gasteiger partial charge in [0.05, 0.1) is 16.6 Å². The summed E-state index contributed by atoms with van der Waals surface area (Å²) in [5.41, 5.74) is 1.38. The largest absolute Gasteiger partial charge is 0.345 e. The van der Waals surface area contributed by atoms with Gasteiger partial charge in [0.15, 0.2) is 11.6 Å². The number of thiophene rings is 1. The molecule has 1 atom stereocenters. The minimum atomic E-state index is -0.924. The topological polar surface area (TPSA) is 46.9 Å². The Morgan fingerprint density at radius 3 is 2.70 bits per heavy atom. The van der Waals surface area contributed by atoms with Gasteiger partial charge in [-0.1, -0.05) is 6.07 Å². The van der Waals surface area contributed by atoms with E-state index in [0.717, 1.165) is 28.0 Å². The highest BCUT2D eigenvalue weighted by atomic mass is 32.1. The number of rotatable bonds is 3. The maximum atomic E-state index is 13.3. The first-order chi connectivity index (χ1) is 10.9. The lowest BCUT2D eigenvalue weighted by atomic mass is 10.1. The van der Waals surface area contributed by atoms with Crippen LogP contribution in [0.1, 0.15) is 33.9 Å². The number of aryl methyl sites for hydroxylation is 2. The Kier molecular flexibility index (Phi) is 3.89. The van der Waals surface area contributed by atoms with Gasteiger partial charge < -0.3 is 5.32 Å². The molecular weight excluding hydrogens is 320 g/mol. The molecule has 1 amide bonds. The molecule has 0 spiro atoms. The Bertz CT molecular complexity index is 866. The first kappa shape index (κ1) is 15.6. The number of amides is 1. The van der Waals surface area contributed by atoms with Crippen molar-refractivity contribution in [3.63, 3.8) is 0 Å². The Morgan fingerprint density at radius 1 is 1.30 bits per heavy atom. The Labute approximate surface area is 135 Å². The fourth-order valence-corrected chi connectivity index (χ4v) is 3.48. The van der Waals surface area contributed by atoms with Gasteiger partial charge in [-0.2, -0.15) is 5.10 Å². The molecule has 1 N–H and O–H groups in total. The zero-order valence-corrected chi connectivity index (χ0v) is 13.7. The second kappa shape index (κ2) is 5.73. The number of nitrogens with one attached hydrogen (secondary N) is 1. The van der Waals surface area contributed by atoms with E-state index in [4.69, 9.17) is 0 Å². The van der Waals surface area contributed by atoms with Crippen LogP contribution in [-0.4, -0.2) is 15.7 Å². The molecule has 3 aromatic rings. The lowest BCUT2D eigenvalue weighted by Gasteiger charge is -2.13. The van der Waals surface area contributed by atoms with E-state index in [-0.39, 0.29) is 5.91 Å². The highest BCUT2D eigenvalue weighted by molar-refractivity contribution is 7.20. The van der Waals surface area contributed by atoms with Gasteiger partial charge in [-0.3, -0.25) is 9.48 Å². The van der Waals surface area contributed by atoms with E-state index in [1.165, 1.54) is 17.4 Å². The van der Waals surface area contributed by atoms with E-state index in [1.54, 1.807) is 17.7 Å². The van der Waals surface area contributed by atoms with Crippen LogP contribution in [0.5, 0.6) is 0 Å². The van der Waals surface area contributed by atoms with E-state index in [9.17, 15) is 13.6 Å². The normalized spacial score (nSPS) is 12.6. The van der Waals surface area contributed by atoms with Crippen molar-refractivity contribution in [1.29, 1.82) is 0 Å². The number of aromatic nitrogens is 2. The zero-order valence-electron chi connectivity index (χ0n) is 12.9. The van der Waals surface area contributed by atoms with Crippen molar-refractivity contribution >= 4 is 27.5 Å². The van der Waals surface area contributed by atoms with Crippen molar-refractivity contribution in [2.24, 2.45) is 7.05 Å². The van der Waals surface area contributed by atoms with E-state index < -0.39 is 17.7 Å². The molecule has 7 heteroatoms. The Morgan fingerprint density at radius 2 is 2.04 bits per heavy atom. The molecule has 120 valence electrons. The van der Waals surface area contributed by atoms with Crippen molar-refractivity contribution < 1.29 is 13.6 Å². The van der Waals surface area contributed by atoms with Crippen molar-refractivity contribution in [3.05, 3.63) is 52.0 Å². The van der Waals surface area contributed by atoms with E-state index in [0.29, 0.717) is 10.4 Å². The van der Waals surface area contributed by atoms with Crippen LogP contribution < -0.4 is 5.32 Å². The third-order valence-corrected chi connectivity index (χ3v) is 4.91. The molecule has 3 rings (SSSR count). The summed E-state index contributed by atoms with van der Waals surface area (Å²) in [6, 6.07) is 4.99. The molecule has 0 saturated carbocycles. The summed E-state index contributed by atoms with van der Waals surface area (Å²) in [6.45, 7) is 3.62. The second-order valence-electron chi connectivity index (χ2n) is 5.41. The summed E-state index contributed by atoms with van der Waals surface area (Å²) in [4.78, 5) is 13.9. The first-order valence-electron chi connectivity index (χ1n) is 7.05. The van der Waals surface area contributed by atoms with Gasteiger partial charge in [0.1, 0.15) is 4.83 Å². The highest BCUT2D eigenvalue weighted by Gasteiger charge is 2.18. The fraction of sp³-hybridized carbons (Fsp3) is 0.250. The smallest absolute Gasteiger partial charge is 0.261 e. The van der Waals surface area contributed by atoms with Gasteiger partial charge in [-0.05, 0) is 37.6 Å². The number of fused-ring (bicyclic) bond motifs is 1. The van der Waals surface area contributed by atoms with Gasteiger partial charge in [-0.25, -0.2) is 8.78 Å². The lowest BCUT2D eigenvalue weighted by Crippen LogP contribution is -2.26. The van der Waals surface area contributed by atoms with Crippen LogP contribution in [0.3, 0.4) is 0 Å². The third-order valence-electron chi connectivity index (χ3n) is 3.71. The average Bonchev–Trinajstić information content (AvgIpc) is 3.04. The molecule has 1 aromatic carbocycles. The quantitative estimate of drug-likeness (QED) is 0.793. The summed E-state index contributed by atoms with van der Waals surface area (Å²) in [6.07, 6.45) is 0. The van der Waals surface area contributed by atoms with Crippen molar-refractivity contribution in [1.82, 2.24) is 15.1 Å². The molecule has 0 aliphatic heterocycles. The molecule has 0 radical (unpaired) electrons. The van der Waals surface area contributed by atoms with Crippen LogP contribution in [0.4, 0.5) is 8.78 Å². The molecule has 23 heavy (non-hydrogen) atoms. The number of carbonyl (C=O) groups is 1. The molecule has 0 aliphatic carbocycles. The van der Waals surface area contributed by atoms with E-state index in [2.05, 4.69) is 10.4 Å². The average molecular weight is 335 g/mol. The lowest BCUT2D eigenvalue weighted by molar-refractivity contribution is 0.0944. The minimum Gasteiger partial charge on any atom is -0.345 e. The maximum Gasteiger partial charge on any atom is 0.261 e. The number of carbonyl (C=O) groups excluding carboxylic acids is 1. The number of hydrogen-bond donors (Lipinski definition) is 1. The molecule has 2 heterocycles. The monoisotopic (exact) mass is 335 g/mol. The standard InChI is InChI=1S/C16H15F2N3OS/c1-8(10-4-5-12(17)13(18)6-10)19-15(22)14-7-11-9(2)20-21(3)16(11)23-14/h4-8H,1-3H3,(H,19,22)/t8-/m1/s1. The molecular formula is C16H15F2N3OS. The molecule has 0 aliphatic rings. The first-order valence-corrected chi connectivity index (χ1v) is 7.87. The van der Waals surface area contributed by atoms with Gasteiger partial charge in [0.2, 0.25) is 0 Å². The Hall–Kier alpha value is -2.28. The number of hydrogen-bond acceptors (Lipinski definition) is 3. The van der Waals surface area contributed by atoms with Crippen molar-refractivity contribution in [2.45, 2.75) is 19.9 Å². The number of benzene rings is 1. The summed E-state index contributed by atoms with van der Waals surface area (Å²) >= 11 is 1.35. The molecule has 0 fully saturated rings. The van der Waals surface area contributed by atoms with Crippen molar-refractivity contribution in [3.8, 4) is 0 Å². The maximum absolute atomic E-state index is 13.3. The van der Waals surface area contributed by atoms with Crippen LogP contribution in [-0.2, 0) is 7.05 Å². The fourth-order valence-electron chi connectivity index (χ4n) is 2.45. The van der Waals surface area contributed by atoms with Gasteiger partial charge in [-0.15, -0.1) is 11.3 Å². The summed E-state index contributed by atoms with van der Waals surface area (Å²) in [5, 5.41) is 8.04. The predicted octanol–water partition coefficient (Wildman–Crippen LogP) is 3.71. The van der Waals surface area contributed by atoms with Gasteiger partial charge in [0.25, 0.3) is 5.91 Å². The second-order valence-corrected chi connectivity index (χ2v) is 6.44. The molecule has 2 aromatic heterocycles. The number of nitrogens with zero attached hydrogens (tertiary/aromatic N) is 2. The van der Waals surface area contributed by atoms with Crippen LogP contribution in [0.2, 0.25) is 0 Å². The van der Waals surface area contributed by atoms with Crippen molar-refractivity contribution in [2.75, 3.05) is 0 Å². The summed E-state index contributed by atoms with van der Waals surface area (Å²) < 4.78 is 28.0. The molecule has 0 unspecified atom stereocenters. The van der Waals surface area contributed by atoms with Gasteiger partial charge >= 0.3 is 0 Å². The minimum absolute atomic E-state index is 0.247. The van der Waals surface area contributed by atoms with Crippen LogP contribution in [0.15, 0.2) is 24.3 Å². The molecule has 0 bridgehead atoms. The predicted molar refractivity (Wildman–Crippen MR) is 85.6 cm³/mol. The summed E-state index contributed by atoms with van der Waals surface area (Å²) in [7, 11) is 1.83.